The molecule has 0 spiro atoms. The zero-order chi connectivity index (χ0) is 30.6. The number of aromatic nitrogens is 5. The predicted octanol–water partition coefficient (Wildman–Crippen LogP) is 5.48. The van der Waals surface area contributed by atoms with E-state index in [2.05, 4.69) is 86.1 Å². The molecule has 9 heteroatoms. The molecule has 1 saturated heterocycles. The van der Waals surface area contributed by atoms with Crippen molar-refractivity contribution >= 4 is 27.7 Å². The summed E-state index contributed by atoms with van der Waals surface area (Å²) in [6.07, 6.45) is 7.95. The van der Waals surface area contributed by atoms with Gasteiger partial charge in [-0.15, -0.1) is 10.2 Å². The zero-order valence-corrected chi connectivity index (χ0v) is 25.6. The van der Waals surface area contributed by atoms with E-state index in [-0.39, 0.29) is 17.9 Å². The van der Waals surface area contributed by atoms with E-state index >= 15 is 0 Å². The lowest BCUT2D eigenvalue weighted by Crippen LogP contribution is -2.41. The molecule has 7 rings (SSSR count). The number of carbonyl (C=O) groups excluding carboxylic acids is 1. The van der Waals surface area contributed by atoms with Crippen LogP contribution in [0.2, 0.25) is 0 Å². The number of aromatic amines is 2. The molecule has 230 valence electrons. The number of methoxy groups -OCH3 is 1. The first-order valence-corrected chi connectivity index (χ1v) is 15.8. The van der Waals surface area contributed by atoms with Crippen molar-refractivity contribution in [2.24, 2.45) is 5.92 Å². The Morgan fingerprint density at radius 2 is 1.56 bits per heavy atom. The number of nitrogens with zero attached hydrogens (tertiary/aromatic N) is 3. The number of benzene rings is 3. The Hall–Kier alpha value is -4.89. The zero-order valence-electron chi connectivity index (χ0n) is 25.6. The molecule has 0 radical (unpaired) electrons. The molecule has 0 aliphatic carbocycles. The fourth-order valence-corrected chi connectivity index (χ4v) is 6.56. The first kappa shape index (κ1) is 28.9. The number of carbonyl (C=O) groups is 1. The normalized spacial score (nSPS) is 14.6. The van der Waals surface area contributed by atoms with Crippen LogP contribution in [0.15, 0.2) is 85.2 Å². The lowest BCUT2D eigenvalue weighted by Gasteiger charge is -2.26. The van der Waals surface area contributed by atoms with Gasteiger partial charge in [0.05, 0.1) is 19.7 Å². The number of fused-ring (bicyclic) bond motifs is 2. The maximum atomic E-state index is 13.7. The second-order valence-electron chi connectivity index (χ2n) is 11.9. The summed E-state index contributed by atoms with van der Waals surface area (Å²) in [6.45, 7) is 2.30. The van der Waals surface area contributed by atoms with Crippen molar-refractivity contribution in [1.29, 1.82) is 0 Å². The molecule has 3 aromatic heterocycles. The van der Waals surface area contributed by atoms with Crippen LogP contribution in [0.25, 0.3) is 21.8 Å². The Kier molecular flexibility index (Phi) is 8.33. The molecule has 4 heterocycles. The fraction of sp³-hybridized carbons (Fsp3) is 0.306. The van der Waals surface area contributed by atoms with Gasteiger partial charge in [0.25, 0.3) is 0 Å². The Balaban J connectivity index is 1.25. The maximum absolute atomic E-state index is 13.7. The summed E-state index contributed by atoms with van der Waals surface area (Å²) >= 11 is 0. The minimum atomic E-state index is -0.348. The van der Waals surface area contributed by atoms with E-state index in [4.69, 9.17) is 14.9 Å². The summed E-state index contributed by atoms with van der Waals surface area (Å²) < 4.78 is 7.62. The number of nitrogens with one attached hydrogen (secondary N) is 4. The van der Waals surface area contributed by atoms with Gasteiger partial charge in [-0.3, -0.25) is 4.79 Å². The molecule has 1 fully saturated rings. The van der Waals surface area contributed by atoms with Crippen molar-refractivity contribution in [2.45, 2.75) is 44.7 Å². The average molecular weight is 602 g/mol. The van der Waals surface area contributed by atoms with Crippen molar-refractivity contribution in [3.63, 3.8) is 0 Å². The number of hydrogen-bond acceptors (Lipinski definition) is 5. The van der Waals surface area contributed by atoms with Crippen molar-refractivity contribution in [2.75, 3.05) is 20.2 Å². The highest BCUT2D eigenvalue weighted by Gasteiger charge is 2.28. The minimum Gasteiger partial charge on any atom is -0.497 e. The molecular weight excluding hydrogens is 562 g/mol. The van der Waals surface area contributed by atoms with Gasteiger partial charge in [0.1, 0.15) is 11.6 Å². The Bertz CT molecular complexity index is 1900. The van der Waals surface area contributed by atoms with Crippen LogP contribution in [0.5, 0.6) is 5.75 Å². The van der Waals surface area contributed by atoms with Crippen LogP contribution < -0.4 is 15.4 Å². The van der Waals surface area contributed by atoms with Gasteiger partial charge >= 0.3 is 0 Å². The summed E-state index contributed by atoms with van der Waals surface area (Å²) in [7, 11) is 1.68. The standard InChI is InChI=1S/C36H39N7O2/c1-45-28-13-10-24(11-14-28)23-43-34(15-12-26-21-38-31-8-4-2-6-29(26)31)41-42-35(43)33(40-36(44)25-16-18-37-19-17-25)20-27-22-39-32-9-5-3-7-30(27)32/h2-11,13-14,21-22,25,33,37-39H,12,15-20,23H2,1H3,(H,40,44). The number of para-hydroxylation sites is 2. The summed E-state index contributed by atoms with van der Waals surface area (Å²) in [5.41, 5.74) is 5.71. The van der Waals surface area contributed by atoms with Gasteiger partial charge in [-0.2, -0.15) is 0 Å². The van der Waals surface area contributed by atoms with Crippen LogP contribution in [-0.4, -0.2) is 50.8 Å². The van der Waals surface area contributed by atoms with Gasteiger partial charge < -0.3 is 29.9 Å². The first-order valence-electron chi connectivity index (χ1n) is 15.8. The largest absolute Gasteiger partial charge is 0.497 e. The molecule has 0 saturated carbocycles. The van der Waals surface area contributed by atoms with Crippen molar-refractivity contribution in [3.8, 4) is 5.75 Å². The Morgan fingerprint density at radius 1 is 0.889 bits per heavy atom. The summed E-state index contributed by atoms with van der Waals surface area (Å²) in [5, 5.41) is 18.8. The second-order valence-corrected chi connectivity index (χ2v) is 11.9. The maximum Gasteiger partial charge on any atom is 0.223 e. The van der Waals surface area contributed by atoms with Crippen LogP contribution in [0.4, 0.5) is 0 Å². The summed E-state index contributed by atoms with van der Waals surface area (Å²) in [4.78, 5) is 20.5. The van der Waals surface area contributed by atoms with Gasteiger partial charge in [-0.25, -0.2) is 0 Å². The van der Waals surface area contributed by atoms with Gasteiger partial charge in [0.15, 0.2) is 5.82 Å². The molecule has 4 N–H and O–H groups in total. The van der Waals surface area contributed by atoms with Crippen LogP contribution in [-0.2, 0) is 30.6 Å². The second kappa shape index (κ2) is 13.0. The number of hydrogen-bond donors (Lipinski definition) is 4. The van der Waals surface area contributed by atoms with E-state index in [0.717, 1.165) is 77.3 Å². The fourth-order valence-electron chi connectivity index (χ4n) is 6.56. The average Bonchev–Trinajstić information content (AvgIpc) is 3.81. The quantitative estimate of drug-likeness (QED) is 0.157. The molecule has 3 aromatic carbocycles. The third-order valence-electron chi connectivity index (χ3n) is 9.09. The number of rotatable bonds is 11. The molecule has 1 atom stereocenters. The minimum absolute atomic E-state index is 0.0176. The van der Waals surface area contributed by atoms with E-state index in [1.165, 1.54) is 10.9 Å². The number of ether oxygens (including phenoxy) is 1. The molecule has 0 bridgehead atoms. The molecule has 1 amide bonds. The highest BCUT2D eigenvalue weighted by atomic mass is 16.5. The third-order valence-corrected chi connectivity index (χ3v) is 9.09. The molecule has 1 aliphatic rings. The van der Waals surface area contributed by atoms with E-state index in [0.29, 0.717) is 19.4 Å². The number of aryl methyl sites for hydroxylation is 2. The number of H-pyrrole nitrogens is 2. The van der Waals surface area contributed by atoms with E-state index in [9.17, 15) is 4.79 Å². The van der Waals surface area contributed by atoms with Crippen molar-refractivity contribution in [1.82, 2.24) is 35.4 Å². The van der Waals surface area contributed by atoms with Gasteiger partial charge in [0, 0.05) is 53.0 Å². The van der Waals surface area contributed by atoms with Crippen LogP contribution >= 0.6 is 0 Å². The van der Waals surface area contributed by atoms with E-state index in [1.807, 2.05) is 24.3 Å². The lowest BCUT2D eigenvalue weighted by atomic mass is 9.96. The number of amides is 1. The SMILES string of the molecule is COc1ccc(Cn2c(CCc3c[nH]c4ccccc34)nnc2C(Cc2c[nH]c3ccccc23)NC(=O)C2CCNCC2)cc1. The van der Waals surface area contributed by atoms with Crippen LogP contribution in [0.1, 0.15) is 47.2 Å². The molecule has 1 aliphatic heterocycles. The van der Waals surface area contributed by atoms with Gasteiger partial charge in [-0.05, 0) is 73.3 Å². The first-order chi connectivity index (χ1) is 22.2. The molecular formula is C36H39N7O2. The highest BCUT2D eigenvalue weighted by molar-refractivity contribution is 5.84. The highest BCUT2D eigenvalue weighted by Crippen LogP contribution is 2.27. The van der Waals surface area contributed by atoms with Crippen molar-refractivity contribution in [3.05, 3.63) is 114 Å². The Morgan fingerprint density at radius 3 is 2.27 bits per heavy atom. The molecule has 6 aromatic rings. The Labute approximate surface area is 262 Å². The lowest BCUT2D eigenvalue weighted by molar-refractivity contribution is -0.126. The van der Waals surface area contributed by atoms with E-state index < -0.39 is 0 Å². The van der Waals surface area contributed by atoms with E-state index in [1.54, 1.807) is 7.11 Å². The summed E-state index contributed by atoms with van der Waals surface area (Å²) in [6, 6.07) is 24.4. The van der Waals surface area contributed by atoms with Gasteiger partial charge in [-0.1, -0.05) is 48.5 Å². The van der Waals surface area contributed by atoms with Crippen LogP contribution in [0, 0.1) is 5.92 Å². The molecule has 1 unspecified atom stereocenters. The topological polar surface area (TPSA) is 113 Å². The summed E-state index contributed by atoms with van der Waals surface area (Å²) in [5.74, 6) is 2.55. The molecule has 9 nitrogen and oxygen atoms in total. The number of piperidine rings is 1. The predicted molar refractivity (Wildman–Crippen MR) is 176 cm³/mol. The smallest absolute Gasteiger partial charge is 0.223 e. The molecule has 45 heavy (non-hydrogen) atoms. The third kappa shape index (κ3) is 6.21. The monoisotopic (exact) mass is 601 g/mol. The van der Waals surface area contributed by atoms with Crippen LogP contribution in [0.3, 0.4) is 0 Å². The van der Waals surface area contributed by atoms with Gasteiger partial charge in [0.2, 0.25) is 5.91 Å². The van der Waals surface area contributed by atoms with Crippen molar-refractivity contribution < 1.29 is 9.53 Å².